The minimum absolute atomic E-state index is 0.0911. The lowest BCUT2D eigenvalue weighted by Gasteiger charge is -2.26. The number of fused-ring (bicyclic) bond motifs is 3. The Morgan fingerprint density at radius 1 is 1.03 bits per heavy atom. The van der Waals surface area contributed by atoms with E-state index in [4.69, 9.17) is 9.84 Å². The van der Waals surface area contributed by atoms with Gasteiger partial charge in [-0.25, -0.2) is 4.79 Å². The molecule has 0 bridgehead atoms. The van der Waals surface area contributed by atoms with Crippen LogP contribution in [0.5, 0.6) is 0 Å². The predicted molar refractivity (Wildman–Crippen MR) is 112 cm³/mol. The Kier molecular flexibility index (Phi) is 6.40. The van der Waals surface area contributed by atoms with Crippen molar-refractivity contribution in [1.82, 2.24) is 10.2 Å². The first-order valence-corrected chi connectivity index (χ1v) is 9.89. The smallest absolute Gasteiger partial charge is 0.407 e. The lowest BCUT2D eigenvalue weighted by atomic mass is 9.98. The molecular weight excluding hydrogens is 384 g/mol. The monoisotopic (exact) mass is 410 g/mol. The molecule has 2 aromatic carbocycles. The summed E-state index contributed by atoms with van der Waals surface area (Å²) in [5.74, 6) is -1.76. The van der Waals surface area contributed by atoms with E-state index in [-0.39, 0.29) is 18.6 Å². The second-order valence-corrected chi connectivity index (χ2v) is 7.66. The highest BCUT2D eigenvalue weighted by atomic mass is 16.5. The maximum Gasteiger partial charge on any atom is 0.407 e. The number of carbonyl (C=O) groups is 3. The highest BCUT2D eigenvalue weighted by molar-refractivity contribution is 5.89. The SMILES string of the molecule is CC(C)N(C)C(=O)C(CC(=O)O)NC(=O)OCC1c2ccccc2-c2ccccc21. The molecule has 0 aromatic heterocycles. The summed E-state index contributed by atoms with van der Waals surface area (Å²) in [6.45, 7) is 3.71. The minimum Gasteiger partial charge on any atom is -0.481 e. The van der Waals surface area contributed by atoms with Gasteiger partial charge < -0.3 is 20.1 Å². The zero-order valence-corrected chi connectivity index (χ0v) is 17.3. The average molecular weight is 410 g/mol. The molecule has 0 saturated heterocycles. The fraction of sp³-hybridized carbons (Fsp3) is 0.348. The summed E-state index contributed by atoms with van der Waals surface area (Å²) >= 11 is 0. The van der Waals surface area contributed by atoms with Crippen LogP contribution in [-0.4, -0.2) is 53.7 Å². The minimum atomic E-state index is -1.19. The number of rotatable bonds is 7. The van der Waals surface area contributed by atoms with E-state index in [0.717, 1.165) is 22.3 Å². The topological polar surface area (TPSA) is 95.9 Å². The van der Waals surface area contributed by atoms with Crippen LogP contribution in [0, 0.1) is 0 Å². The lowest BCUT2D eigenvalue weighted by molar-refractivity contribution is -0.142. The Bertz CT molecular complexity index is 911. The maximum atomic E-state index is 12.5. The van der Waals surface area contributed by atoms with Gasteiger partial charge in [0, 0.05) is 19.0 Å². The van der Waals surface area contributed by atoms with Crippen molar-refractivity contribution in [1.29, 1.82) is 0 Å². The first-order valence-electron chi connectivity index (χ1n) is 9.89. The van der Waals surface area contributed by atoms with Crippen LogP contribution in [0.4, 0.5) is 4.79 Å². The molecule has 0 spiro atoms. The fourth-order valence-electron chi connectivity index (χ4n) is 3.66. The van der Waals surface area contributed by atoms with Gasteiger partial charge in [0.15, 0.2) is 0 Å². The van der Waals surface area contributed by atoms with E-state index >= 15 is 0 Å². The third-order valence-electron chi connectivity index (χ3n) is 5.43. The highest BCUT2D eigenvalue weighted by Crippen LogP contribution is 2.44. The number of alkyl carbamates (subject to hydrolysis) is 1. The van der Waals surface area contributed by atoms with Gasteiger partial charge in [-0.1, -0.05) is 48.5 Å². The number of benzene rings is 2. The van der Waals surface area contributed by atoms with Crippen molar-refractivity contribution in [2.75, 3.05) is 13.7 Å². The molecule has 0 heterocycles. The van der Waals surface area contributed by atoms with Crippen molar-refractivity contribution in [3.63, 3.8) is 0 Å². The second kappa shape index (κ2) is 8.98. The number of hydrogen-bond acceptors (Lipinski definition) is 4. The molecule has 0 saturated carbocycles. The predicted octanol–water partition coefficient (Wildman–Crippen LogP) is 3.24. The van der Waals surface area contributed by atoms with Gasteiger partial charge >= 0.3 is 12.1 Å². The van der Waals surface area contributed by atoms with E-state index in [1.54, 1.807) is 7.05 Å². The number of carboxylic acids is 1. The van der Waals surface area contributed by atoms with E-state index < -0.39 is 30.4 Å². The molecule has 3 rings (SSSR count). The molecule has 30 heavy (non-hydrogen) atoms. The normalized spacial score (nSPS) is 13.3. The number of likely N-dealkylation sites (N-methyl/N-ethyl adjacent to an activating group) is 1. The van der Waals surface area contributed by atoms with Crippen LogP contribution in [0.1, 0.15) is 37.3 Å². The Balaban J connectivity index is 1.70. The molecule has 2 aromatic rings. The van der Waals surface area contributed by atoms with E-state index in [9.17, 15) is 14.4 Å². The van der Waals surface area contributed by atoms with Crippen LogP contribution in [0.2, 0.25) is 0 Å². The number of carbonyl (C=O) groups excluding carboxylic acids is 2. The lowest BCUT2D eigenvalue weighted by Crippen LogP contribution is -2.50. The van der Waals surface area contributed by atoms with Crippen LogP contribution in [0.3, 0.4) is 0 Å². The van der Waals surface area contributed by atoms with Crippen LogP contribution < -0.4 is 5.32 Å². The number of aliphatic carboxylic acids is 1. The summed E-state index contributed by atoms with van der Waals surface area (Å²) < 4.78 is 5.43. The fourth-order valence-corrected chi connectivity index (χ4v) is 3.66. The standard InChI is InChI=1S/C23H26N2O5/c1-14(2)25(3)22(28)20(12-21(26)27)24-23(29)30-13-19-17-10-6-4-8-15(17)16-9-5-7-11-18(16)19/h4-11,14,19-20H,12-13H2,1-3H3,(H,24,29)(H,26,27). The first-order chi connectivity index (χ1) is 14.3. The van der Waals surface area contributed by atoms with Gasteiger partial charge in [-0.2, -0.15) is 0 Å². The van der Waals surface area contributed by atoms with E-state index in [1.807, 2.05) is 62.4 Å². The maximum absolute atomic E-state index is 12.5. The largest absolute Gasteiger partial charge is 0.481 e. The molecular formula is C23H26N2O5. The summed E-state index contributed by atoms with van der Waals surface area (Å²) in [5.41, 5.74) is 4.37. The number of hydrogen-bond donors (Lipinski definition) is 2. The van der Waals surface area contributed by atoms with Gasteiger partial charge in [-0.3, -0.25) is 9.59 Å². The Hall–Kier alpha value is -3.35. The number of nitrogens with zero attached hydrogens (tertiary/aromatic N) is 1. The zero-order chi connectivity index (χ0) is 21.8. The van der Waals surface area contributed by atoms with Gasteiger partial charge in [0.1, 0.15) is 12.6 Å². The molecule has 7 nitrogen and oxygen atoms in total. The highest BCUT2D eigenvalue weighted by Gasteiger charge is 2.31. The van der Waals surface area contributed by atoms with Crippen LogP contribution in [-0.2, 0) is 14.3 Å². The van der Waals surface area contributed by atoms with Gasteiger partial charge in [-0.05, 0) is 36.1 Å². The number of nitrogens with one attached hydrogen (secondary N) is 1. The molecule has 0 aliphatic heterocycles. The Labute approximate surface area is 175 Å². The summed E-state index contributed by atoms with van der Waals surface area (Å²) in [5, 5.41) is 11.5. The van der Waals surface area contributed by atoms with Gasteiger partial charge in [0.25, 0.3) is 0 Å². The van der Waals surface area contributed by atoms with Crippen molar-refractivity contribution in [2.24, 2.45) is 0 Å². The number of amides is 2. The summed E-state index contributed by atoms with van der Waals surface area (Å²) in [4.78, 5) is 37.5. The van der Waals surface area contributed by atoms with E-state index in [2.05, 4.69) is 5.32 Å². The van der Waals surface area contributed by atoms with E-state index in [0.29, 0.717) is 0 Å². The molecule has 1 unspecified atom stereocenters. The van der Waals surface area contributed by atoms with Crippen molar-refractivity contribution < 1.29 is 24.2 Å². The van der Waals surface area contributed by atoms with Crippen LogP contribution >= 0.6 is 0 Å². The van der Waals surface area contributed by atoms with Crippen molar-refractivity contribution >= 4 is 18.0 Å². The quantitative estimate of drug-likeness (QED) is 0.731. The summed E-state index contributed by atoms with van der Waals surface area (Å²) in [6.07, 6.45) is -1.33. The Morgan fingerprint density at radius 3 is 2.07 bits per heavy atom. The summed E-state index contributed by atoms with van der Waals surface area (Å²) in [7, 11) is 1.57. The van der Waals surface area contributed by atoms with Crippen molar-refractivity contribution in [3.8, 4) is 11.1 Å². The average Bonchev–Trinajstić information content (AvgIpc) is 3.04. The zero-order valence-electron chi connectivity index (χ0n) is 17.3. The van der Waals surface area contributed by atoms with Crippen molar-refractivity contribution in [2.45, 2.75) is 38.3 Å². The second-order valence-electron chi connectivity index (χ2n) is 7.66. The third-order valence-corrected chi connectivity index (χ3v) is 5.43. The Morgan fingerprint density at radius 2 is 1.57 bits per heavy atom. The van der Waals surface area contributed by atoms with E-state index in [1.165, 1.54) is 4.90 Å². The van der Waals surface area contributed by atoms with Gasteiger partial charge in [0.2, 0.25) is 5.91 Å². The molecule has 158 valence electrons. The van der Waals surface area contributed by atoms with Gasteiger partial charge in [0.05, 0.1) is 6.42 Å². The number of carboxylic acid groups (broad SMARTS) is 1. The van der Waals surface area contributed by atoms with Crippen molar-refractivity contribution in [3.05, 3.63) is 59.7 Å². The summed E-state index contributed by atoms with van der Waals surface area (Å²) in [6, 6.07) is 14.6. The third kappa shape index (κ3) is 4.45. The molecule has 0 fully saturated rings. The molecule has 7 heteroatoms. The van der Waals surface area contributed by atoms with Crippen LogP contribution in [0.15, 0.2) is 48.5 Å². The first kappa shape index (κ1) is 21.4. The molecule has 1 aliphatic carbocycles. The van der Waals surface area contributed by atoms with Crippen LogP contribution in [0.25, 0.3) is 11.1 Å². The molecule has 0 radical (unpaired) electrons. The molecule has 1 atom stereocenters. The van der Waals surface area contributed by atoms with Gasteiger partial charge in [-0.15, -0.1) is 0 Å². The molecule has 2 amide bonds. The molecule has 2 N–H and O–H groups in total. The molecule has 1 aliphatic rings. The number of ether oxygens (including phenoxy) is 1.